The Labute approximate surface area is 113 Å². The van der Waals surface area contributed by atoms with E-state index in [-0.39, 0.29) is 0 Å². The van der Waals surface area contributed by atoms with E-state index in [1.165, 1.54) is 54.1 Å². The van der Waals surface area contributed by atoms with Crippen LogP contribution in [0.25, 0.3) is 0 Å². The van der Waals surface area contributed by atoms with Gasteiger partial charge in [-0.25, -0.2) is 4.98 Å². The molecule has 2 bridgehead atoms. The molecule has 3 heteroatoms. The summed E-state index contributed by atoms with van der Waals surface area (Å²) >= 11 is 1.99. The largest absolute Gasteiger partial charge is 0.309 e. The molecular weight excluding hydrogens is 240 g/mol. The molecule has 3 aliphatic carbocycles. The number of rotatable bonds is 4. The van der Waals surface area contributed by atoms with Gasteiger partial charge in [0.05, 0.1) is 10.7 Å². The molecule has 0 amide bonds. The maximum Gasteiger partial charge on any atom is 0.0965 e. The standard InChI is InChI=1S/C15H22N2S/c1-9-14(8-16-12-4-5-12)18-15(17-9)13-7-10-2-3-11(13)6-10/h10-13,16H,2-8H2,1H3. The lowest BCUT2D eigenvalue weighted by Gasteiger charge is -2.18. The van der Waals surface area contributed by atoms with Crippen molar-refractivity contribution < 1.29 is 0 Å². The third-order valence-corrected chi connectivity index (χ3v) is 6.38. The van der Waals surface area contributed by atoms with Crippen LogP contribution in [0.2, 0.25) is 0 Å². The van der Waals surface area contributed by atoms with Gasteiger partial charge in [-0.15, -0.1) is 11.3 Å². The molecule has 1 heterocycles. The van der Waals surface area contributed by atoms with Crippen LogP contribution in [0, 0.1) is 18.8 Å². The highest BCUT2D eigenvalue weighted by molar-refractivity contribution is 7.11. The minimum atomic E-state index is 0.803. The average molecular weight is 262 g/mol. The highest BCUT2D eigenvalue weighted by Crippen LogP contribution is 2.53. The smallest absolute Gasteiger partial charge is 0.0965 e. The zero-order chi connectivity index (χ0) is 12.1. The van der Waals surface area contributed by atoms with Crippen LogP contribution in [0.3, 0.4) is 0 Å². The molecule has 4 rings (SSSR count). The van der Waals surface area contributed by atoms with Crippen molar-refractivity contribution in [1.29, 1.82) is 0 Å². The Balaban J connectivity index is 1.49. The van der Waals surface area contributed by atoms with Gasteiger partial charge in [-0.05, 0) is 50.9 Å². The van der Waals surface area contributed by atoms with E-state index >= 15 is 0 Å². The fourth-order valence-corrected chi connectivity index (χ4v) is 5.07. The molecule has 3 aliphatic rings. The van der Waals surface area contributed by atoms with Gasteiger partial charge in [0.15, 0.2) is 0 Å². The molecule has 98 valence electrons. The van der Waals surface area contributed by atoms with E-state index in [4.69, 9.17) is 4.98 Å². The predicted octanol–water partition coefficient (Wildman–Crippen LogP) is 3.61. The molecule has 3 atom stereocenters. The van der Waals surface area contributed by atoms with Crippen LogP contribution >= 0.6 is 11.3 Å². The third kappa shape index (κ3) is 2.01. The zero-order valence-electron chi connectivity index (χ0n) is 11.1. The van der Waals surface area contributed by atoms with Gasteiger partial charge < -0.3 is 5.32 Å². The molecule has 1 N–H and O–H groups in total. The molecule has 0 spiro atoms. The van der Waals surface area contributed by atoms with Crippen molar-refractivity contribution in [3.8, 4) is 0 Å². The lowest BCUT2D eigenvalue weighted by Crippen LogP contribution is -2.14. The molecule has 1 aromatic rings. The maximum atomic E-state index is 4.89. The average Bonchev–Trinajstić information content (AvgIpc) is 2.81. The lowest BCUT2D eigenvalue weighted by molar-refractivity contribution is 0.418. The first kappa shape index (κ1) is 11.4. The second-order valence-electron chi connectivity index (χ2n) is 6.50. The molecule has 18 heavy (non-hydrogen) atoms. The molecule has 3 saturated carbocycles. The van der Waals surface area contributed by atoms with Gasteiger partial charge in [0.2, 0.25) is 0 Å². The quantitative estimate of drug-likeness (QED) is 0.896. The summed E-state index contributed by atoms with van der Waals surface area (Å²) in [5.41, 5.74) is 1.28. The number of fused-ring (bicyclic) bond motifs is 2. The minimum Gasteiger partial charge on any atom is -0.309 e. The van der Waals surface area contributed by atoms with Gasteiger partial charge in [-0.2, -0.15) is 0 Å². The van der Waals surface area contributed by atoms with Crippen LogP contribution in [0.1, 0.15) is 60.0 Å². The van der Waals surface area contributed by atoms with E-state index < -0.39 is 0 Å². The molecule has 0 aliphatic heterocycles. The molecule has 3 unspecified atom stereocenters. The Morgan fingerprint density at radius 3 is 2.78 bits per heavy atom. The molecule has 0 saturated heterocycles. The summed E-state index contributed by atoms with van der Waals surface area (Å²) in [5.74, 6) is 2.80. The summed E-state index contributed by atoms with van der Waals surface area (Å²) in [6.07, 6.45) is 8.60. The van der Waals surface area contributed by atoms with E-state index in [0.29, 0.717) is 0 Å². The second-order valence-corrected chi connectivity index (χ2v) is 7.61. The molecule has 2 nitrogen and oxygen atoms in total. The lowest BCUT2D eigenvalue weighted by atomic mass is 9.89. The van der Waals surface area contributed by atoms with Crippen molar-refractivity contribution in [1.82, 2.24) is 10.3 Å². The van der Waals surface area contributed by atoms with Crippen molar-refractivity contribution in [2.75, 3.05) is 0 Å². The summed E-state index contributed by atoms with van der Waals surface area (Å²) in [6, 6.07) is 0.803. The Kier molecular flexibility index (Phi) is 2.73. The zero-order valence-corrected chi connectivity index (χ0v) is 11.9. The first-order valence-electron chi connectivity index (χ1n) is 7.49. The summed E-state index contributed by atoms with van der Waals surface area (Å²) < 4.78 is 0. The van der Waals surface area contributed by atoms with E-state index in [0.717, 1.165) is 30.3 Å². The highest BCUT2D eigenvalue weighted by Gasteiger charge is 2.41. The summed E-state index contributed by atoms with van der Waals surface area (Å²) in [5, 5.41) is 5.07. The van der Waals surface area contributed by atoms with E-state index in [1.54, 1.807) is 0 Å². The number of nitrogens with one attached hydrogen (secondary N) is 1. The Bertz CT molecular complexity index is 449. The third-order valence-electron chi connectivity index (χ3n) is 5.09. The molecule has 1 aromatic heterocycles. The monoisotopic (exact) mass is 262 g/mol. The fourth-order valence-electron chi connectivity index (χ4n) is 3.84. The Morgan fingerprint density at radius 2 is 2.11 bits per heavy atom. The number of hydrogen-bond donors (Lipinski definition) is 1. The van der Waals surface area contributed by atoms with Gasteiger partial charge in [-0.3, -0.25) is 0 Å². The molecule has 3 fully saturated rings. The first-order valence-corrected chi connectivity index (χ1v) is 8.31. The van der Waals surface area contributed by atoms with E-state index in [9.17, 15) is 0 Å². The van der Waals surface area contributed by atoms with E-state index in [2.05, 4.69) is 12.2 Å². The van der Waals surface area contributed by atoms with Crippen molar-refractivity contribution in [3.63, 3.8) is 0 Å². The fraction of sp³-hybridized carbons (Fsp3) is 0.800. The van der Waals surface area contributed by atoms with Crippen LogP contribution in [-0.2, 0) is 6.54 Å². The van der Waals surface area contributed by atoms with Crippen LogP contribution < -0.4 is 5.32 Å². The normalized spacial score (nSPS) is 34.4. The van der Waals surface area contributed by atoms with Crippen molar-refractivity contribution >= 4 is 11.3 Å². The van der Waals surface area contributed by atoms with Gasteiger partial charge in [0, 0.05) is 23.4 Å². The van der Waals surface area contributed by atoms with Crippen LogP contribution in [-0.4, -0.2) is 11.0 Å². The highest BCUT2D eigenvalue weighted by atomic mass is 32.1. The Hall–Kier alpha value is -0.410. The van der Waals surface area contributed by atoms with Gasteiger partial charge >= 0.3 is 0 Å². The van der Waals surface area contributed by atoms with Crippen molar-refractivity contribution in [2.24, 2.45) is 11.8 Å². The van der Waals surface area contributed by atoms with Crippen LogP contribution in [0.5, 0.6) is 0 Å². The summed E-state index contributed by atoms with van der Waals surface area (Å²) in [6.45, 7) is 3.24. The van der Waals surface area contributed by atoms with Crippen molar-refractivity contribution in [2.45, 2.75) is 64.0 Å². The van der Waals surface area contributed by atoms with E-state index in [1.807, 2.05) is 11.3 Å². The van der Waals surface area contributed by atoms with Gasteiger partial charge in [-0.1, -0.05) is 6.42 Å². The summed E-state index contributed by atoms with van der Waals surface area (Å²) in [4.78, 5) is 6.37. The summed E-state index contributed by atoms with van der Waals surface area (Å²) in [7, 11) is 0. The molecule has 0 aromatic carbocycles. The first-order chi connectivity index (χ1) is 8.79. The number of aromatic nitrogens is 1. The SMILES string of the molecule is Cc1nc(C2CC3CCC2C3)sc1CNC1CC1. The molecular formula is C15H22N2S. The maximum absolute atomic E-state index is 4.89. The number of hydrogen-bond acceptors (Lipinski definition) is 3. The topological polar surface area (TPSA) is 24.9 Å². The van der Waals surface area contributed by atoms with Crippen LogP contribution in [0.4, 0.5) is 0 Å². The van der Waals surface area contributed by atoms with Gasteiger partial charge in [0.1, 0.15) is 0 Å². The molecule has 0 radical (unpaired) electrons. The van der Waals surface area contributed by atoms with Gasteiger partial charge in [0.25, 0.3) is 0 Å². The number of nitrogens with zero attached hydrogens (tertiary/aromatic N) is 1. The number of thiazole rings is 1. The number of aryl methyl sites for hydroxylation is 1. The minimum absolute atomic E-state index is 0.803. The Morgan fingerprint density at radius 1 is 1.22 bits per heavy atom. The van der Waals surface area contributed by atoms with Crippen LogP contribution in [0.15, 0.2) is 0 Å². The second kappa shape index (κ2) is 4.31. The van der Waals surface area contributed by atoms with Crippen molar-refractivity contribution in [3.05, 3.63) is 15.6 Å². The predicted molar refractivity (Wildman–Crippen MR) is 74.9 cm³/mol.